The van der Waals surface area contributed by atoms with E-state index in [4.69, 9.17) is 15.2 Å². The molecular weight excluding hydrogens is 304 g/mol. The molecular formula is C19H24N2O3. The van der Waals surface area contributed by atoms with Gasteiger partial charge in [-0.25, -0.2) is 0 Å². The maximum absolute atomic E-state index is 12.7. The molecule has 0 atom stereocenters. The summed E-state index contributed by atoms with van der Waals surface area (Å²) in [5, 5.41) is 2.94. The highest BCUT2D eigenvalue weighted by molar-refractivity contribution is 5.98. The molecule has 0 spiro atoms. The number of benzene rings is 2. The molecule has 0 aliphatic heterocycles. The van der Waals surface area contributed by atoms with Crippen molar-refractivity contribution < 1.29 is 14.3 Å². The van der Waals surface area contributed by atoms with Crippen LogP contribution in [0.25, 0.3) is 0 Å². The Labute approximate surface area is 142 Å². The number of nitrogens with one attached hydrogen (secondary N) is 1. The average molecular weight is 328 g/mol. The Morgan fingerprint density at radius 3 is 2.17 bits per heavy atom. The summed E-state index contributed by atoms with van der Waals surface area (Å²) in [5.41, 5.74) is 6.38. The van der Waals surface area contributed by atoms with E-state index in [2.05, 4.69) is 5.32 Å². The van der Waals surface area contributed by atoms with Crippen molar-refractivity contribution in [3.8, 4) is 11.5 Å². The summed E-state index contributed by atoms with van der Waals surface area (Å²) in [6, 6.07) is 14.8. The molecule has 0 bridgehead atoms. The number of ether oxygens (including phenoxy) is 2. The Morgan fingerprint density at radius 1 is 1.04 bits per heavy atom. The zero-order chi connectivity index (χ0) is 17.6. The van der Waals surface area contributed by atoms with Gasteiger partial charge < -0.3 is 20.5 Å². The van der Waals surface area contributed by atoms with Gasteiger partial charge in [0.2, 0.25) is 5.91 Å². The van der Waals surface area contributed by atoms with Gasteiger partial charge in [-0.3, -0.25) is 4.79 Å². The lowest BCUT2D eigenvalue weighted by molar-refractivity contribution is -0.120. The summed E-state index contributed by atoms with van der Waals surface area (Å²) in [5.74, 6) is 1.42. The minimum absolute atomic E-state index is 0.0803. The second-order valence-electron chi connectivity index (χ2n) is 5.97. The second-order valence-corrected chi connectivity index (χ2v) is 5.97. The van der Waals surface area contributed by atoms with E-state index >= 15 is 0 Å². The SMILES string of the molecule is COc1ccc(C(C)(C)C(=O)Nc2ccc(OCCN)cc2)cc1. The molecule has 2 rings (SSSR count). The molecule has 0 aliphatic carbocycles. The lowest BCUT2D eigenvalue weighted by Crippen LogP contribution is -2.34. The van der Waals surface area contributed by atoms with Crippen LogP contribution in [0.3, 0.4) is 0 Å². The Bertz CT molecular complexity index is 664. The third kappa shape index (κ3) is 4.26. The second kappa shape index (κ2) is 7.84. The molecule has 0 heterocycles. The maximum atomic E-state index is 12.7. The first kappa shape index (κ1) is 17.8. The summed E-state index contributed by atoms with van der Waals surface area (Å²) < 4.78 is 10.6. The van der Waals surface area contributed by atoms with Crippen molar-refractivity contribution in [1.29, 1.82) is 0 Å². The minimum atomic E-state index is -0.666. The largest absolute Gasteiger partial charge is 0.497 e. The van der Waals surface area contributed by atoms with Crippen LogP contribution in [-0.4, -0.2) is 26.2 Å². The van der Waals surface area contributed by atoms with E-state index in [1.165, 1.54) is 0 Å². The van der Waals surface area contributed by atoms with E-state index in [0.717, 1.165) is 22.7 Å². The number of carbonyl (C=O) groups is 1. The normalized spacial score (nSPS) is 11.0. The summed E-state index contributed by atoms with van der Waals surface area (Å²) in [6.45, 7) is 4.72. The van der Waals surface area contributed by atoms with Crippen LogP contribution in [0.2, 0.25) is 0 Å². The monoisotopic (exact) mass is 328 g/mol. The van der Waals surface area contributed by atoms with Crippen molar-refractivity contribution in [3.05, 3.63) is 54.1 Å². The first-order valence-electron chi connectivity index (χ1n) is 7.86. The highest BCUT2D eigenvalue weighted by Gasteiger charge is 2.29. The number of nitrogens with two attached hydrogens (primary N) is 1. The fraction of sp³-hybridized carbons (Fsp3) is 0.316. The molecule has 2 aromatic rings. The molecule has 0 saturated heterocycles. The van der Waals surface area contributed by atoms with E-state index in [9.17, 15) is 4.79 Å². The molecule has 0 aliphatic rings. The van der Waals surface area contributed by atoms with E-state index in [1.54, 1.807) is 7.11 Å². The summed E-state index contributed by atoms with van der Waals surface area (Å²) >= 11 is 0. The van der Waals surface area contributed by atoms with Crippen LogP contribution in [0, 0.1) is 0 Å². The van der Waals surface area contributed by atoms with Crippen LogP contribution in [0.15, 0.2) is 48.5 Å². The molecule has 0 radical (unpaired) electrons. The number of carbonyl (C=O) groups excluding carboxylic acids is 1. The van der Waals surface area contributed by atoms with Crippen LogP contribution in [-0.2, 0) is 10.2 Å². The van der Waals surface area contributed by atoms with E-state index in [-0.39, 0.29) is 5.91 Å². The van der Waals surface area contributed by atoms with Crippen molar-refractivity contribution >= 4 is 11.6 Å². The van der Waals surface area contributed by atoms with Crippen molar-refractivity contribution in [2.75, 3.05) is 25.6 Å². The van der Waals surface area contributed by atoms with Gasteiger partial charge in [0.05, 0.1) is 12.5 Å². The number of hydrogen-bond donors (Lipinski definition) is 2. The maximum Gasteiger partial charge on any atom is 0.234 e. The van der Waals surface area contributed by atoms with Gasteiger partial charge in [-0.15, -0.1) is 0 Å². The standard InChI is InChI=1S/C19H24N2O3/c1-19(2,14-4-8-16(23-3)9-5-14)18(22)21-15-6-10-17(11-7-15)24-13-12-20/h4-11H,12-13,20H2,1-3H3,(H,21,22). The van der Waals surface area contributed by atoms with E-state index in [0.29, 0.717) is 13.2 Å². The number of rotatable bonds is 7. The fourth-order valence-electron chi connectivity index (χ4n) is 2.24. The average Bonchev–Trinajstić information content (AvgIpc) is 2.61. The van der Waals surface area contributed by atoms with Gasteiger partial charge in [-0.2, -0.15) is 0 Å². The quantitative estimate of drug-likeness (QED) is 0.819. The first-order chi connectivity index (χ1) is 11.5. The van der Waals surface area contributed by atoms with Gasteiger partial charge in [-0.05, 0) is 55.8 Å². The van der Waals surface area contributed by atoms with Crippen LogP contribution >= 0.6 is 0 Å². The Balaban J connectivity index is 2.06. The molecule has 0 unspecified atom stereocenters. The van der Waals surface area contributed by atoms with Gasteiger partial charge in [0, 0.05) is 12.2 Å². The predicted octanol–water partition coefficient (Wildman–Crippen LogP) is 2.95. The van der Waals surface area contributed by atoms with Crippen molar-refractivity contribution in [2.24, 2.45) is 5.73 Å². The molecule has 2 aromatic carbocycles. The van der Waals surface area contributed by atoms with Gasteiger partial charge in [0.15, 0.2) is 0 Å². The number of anilines is 1. The zero-order valence-corrected chi connectivity index (χ0v) is 14.3. The summed E-state index contributed by atoms with van der Waals surface area (Å²) in [7, 11) is 1.62. The molecule has 24 heavy (non-hydrogen) atoms. The summed E-state index contributed by atoms with van der Waals surface area (Å²) in [6.07, 6.45) is 0. The smallest absolute Gasteiger partial charge is 0.234 e. The summed E-state index contributed by atoms with van der Waals surface area (Å²) in [4.78, 5) is 12.7. The highest BCUT2D eigenvalue weighted by Crippen LogP contribution is 2.27. The lowest BCUT2D eigenvalue weighted by atomic mass is 9.83. The lowest BCUT2D eigenvalue weighted by Gasteiger charge is -2.24. The molecule has 128 valence electrons. The predicted molar refractivity (Wildman–Crippen MR) is 95.6 cm³/mol. The molecule has 5 heteroatoms. The van der Waals surface area contributed by atoms with Crippen LogP contribution in [0.5, 0.6) is 11.5 Å². The third-order valence-corrected chi connectivity index (χ3v) is 3.88. The molecule has 3 N–H and O–H groups in total. The Kier molecular flexibility index (Phi) is 5.82. The first-order valence-corrected chi connectivity index (χ1v) is 7.86. The minimum Gasteiger partial charge on any atom is -0.497 e. The zero-order valence-electron chi connectivity index (χ0n) is 14.3. The van der Waals surface area contributed by atoms with Gasteiger partial charge in [0.1, 0.15) is 18.1 Å². The number of hydrogen-bond acceptors (Lipinski definition) is 4. The third-order valence-electron chi connectivity index (χ3n) is 3.88. The van der Waals surface area contributed by atoms with Gasteiger partial charge in [0.25, 0.3) is 0 Å². The van der Waals surface area contributed by atoms with Gasteiger partial charge in [-0.1, -0.05) is 12.1 Å². The fourth-order valence-corrected chi connectivity index (χ4v) is 2.24. The number of methoxy groups -OCH3 is 1. The Morgan fingerprint density at radius 2 is 1.62 bits per heavy atom. The molecule has 0 saturated carbocycles. The molecule has 5 nitrogen and oxygen atoms in total. The topological polar surface area (TPSA) is 73.6 Å². The van der Waals surface area contributed by atoms with E-state index in [1.807, 2.05) is 62.4 Å². The van der Waals surface area contributed by atoms with Crippen LogP contribution in [0.4, 0.5) is 5.69 Å². The van der Waals surface area contributed by atoms with E-state index < -0.39 is 5.41 Å². The molecule has 0 fully saturated rings. The number of amides is 1. The van der Waals surface area contributed by atoms with Crippen LogP contribution in [0.1, 0.15) is 19.4 Å². The highest BCUT2D eigenvalue weighted by atomic mass is 16.5. The van der Waals surface area contributed by atoms with Gasteiger partial charge >= 0.3 is 0 Å². The van der Waals surface area contributed by atoms with Crippen molar-refractivity contribution in [1.82, 2.24) is 0 Å². The van der Waals surface area contributed by atoms with Crippen LogP contribution < -0.4 is 20.5 Å². The van der Waals surface area contributed by atoms with Crippen molar-refractivity contribution in [3.63, 3.8) is 0 Å². The Hall–Kier alpha value is -2.53. The molecule has 1 amide bonds. The van der Waals surface area contributed by atoms with Crippen molar-refractivity contribution in [2.45, 2.75) is 19.3 Å². The molecule has 0 aromatic heterocycles.